The quantitative estimate of drug-likeness (QED) is 0.490. The number of halogens is 9. The number of benzene rings is 1. The van der Waals surface area contributed by atoms with Crippen LogP contribution in [0.15, 0.2) is 6.07 Å². The summed E-state index contributed by atoms with van der Waals surface area (Å²) in [6, 6.07) is -0.590. The predicted octanol–water partition coefficient (Wildman–Crippen LogP) is 4.14. The fourth-order valence-corrected chi connectivity index (χ4v) is 1.14. The average molecular weight is 268 g/mol. The van der Waals surface area contributed by atoms with E-state index in [1.54, 1.807) is 0 Å². The standard InChI is InChI=1S/C8HF9/c9-2-1-3(10)6(11)5(8(15,16)17)4(2)7(12,13)14/h1H. The minimum Gasteiger partial charge on any atom is -0.206 e. The van der Waals surface area contributed by atoms with Crippen LogP contribution >= 0.6 is 0 Å². The zero-order valence-electron chi connectivity index (χ0n) is 7.48. The van der Waals surface area contributed by atoms with Crippen LogP contribution in [0.5, 0.6) is 0 Å². The maximum atomic E-state index is 12.7. The van der Waals surface area contributed by atoms with Crippen LogP contribution in [0.3, 0.4) is 0 Å². The van der Waals surface area contributed by atoms with E-state index < -0.39 is 47.0 Å². The molecule has 0 bridgehead atoms. The summed E-state index contributed by atoms with van der Waals surface area (Å²) in [5.74, 6) is -7.65. The van der Waals surface area contributed by atoms with Gasteiger partial charge in [0.05, 0.1) is 0 Å². The van der Waals surface area contributed by atoms with E-state index in [2.05, 4.69) is 0 Å². The third-order valence-corrected chi connectivity index (χ3v) is 1.74. The second-order valence-electron chi connectivity index (χ2n) is 2.90. The van der Waals surface area contributed by atoms with Gasteiger partial charge < -0.3 is 0 Å². The van der Waals surface area contributed by atoms with Crippen molar-refractivity contribution < 1.29 is 39.5 Å². The summed E-state index contributed by atoms with van der Waals surface area (Å²) in [5.41, 5.74) is -5.87. The summed E-state index contributed by atoms with van der Waals surface area (Å²) in [4.78, 5) is 0. The minimum absolute atomic E-state index is 0.590. The van der Waals surface area contributed by atoms with Crippen LogP contribution in [0.4, 0.5) is 39.5 Å². The number of alkyl halides is 6. The van der Waals surface area contributed by atoms with Gasteiger partial charge in [0.2, 0.25) is 0 Å². The summed E-state index contributed by atoms with van der Waals surface area (Å²) in [7, 11) is 0. The molecule has 0 saturated carbocycles. The Bertz CT molecular complexity index is 440. The van der Waals surface area contributed by atoms with Crippen molar-refractivity contribution >= 4 is 0 Å². The number of hydrogen-bond donors (Lipinski definition) is 0. The molecular formula is C8HF9. The molecule has 0 saturated heterocycles. The van der Waals surface area contributed by atoms with E-state index in [1.807, 2.05) is 0 Å². The predicted molar refractivity (Wildman–Crippen MR) is 36.3 cm³/mol. The van der Waals surface area contributed by atoms with Gasteiger partial charge in [-0.3, -0.25) is 0 Å². The molecule has 17 heavy (non-hydrogen) atoms. The molecule has 0 atom stereocenters. The molecule has 9 heteroatoms. The van der Waals surface area contributed by atoms with E-state index >= 15 is 0 Å². The minimum atomic E-state index is -5.86. The van der Waals surface area contributed by atoms with Gasteiger partial charge in [0.15, 0.2) is 11.6 Å². The summed E-state index contributed by atoms with van der Waals surface area (Å²) >= 11 is 0. The van der Waals surface area contributed by atoms with E-state index in [4.69, 9.17) is 0 Å². The van der Waals surface area contributed by atoms with Crippen molar-refractivity contribution in [1.29, 1.82) is 0 Å². The van der Waals surface area contributed by atoms with E-state index in [1.165, 1.54) is 0 Å². The van der Waals surface area contributed by atoms with Crippen molar-refractivity contribution in [3.8, 4) is 0 Å². The Hall–Kier alpha value is -1.41. The fraction of sp³-hybridized carbons (Fsp3) is 0.250. The molecule has 0 heterocycles. The second-order valence-corrected chi connectivity index (χ2v) is 2.90. The van der Waals surface area contributed by atoms with Gasteiger partial charge in [-0.15, -0.1) is 0 Å². The first-order chi connectivity index (χ1) is 7.46. The molecule has 1 aromatic carbocycles. The van der Waals surface area contributed by atoms with Gasteiger partial charge in [-0.05, 0) is 0 Å². The first-order valence-corrected chi connectivity index (χ1v) is 3.78. The van der Waals surface area contributed by atoms with Crippen molar-refractivity contribution in [3.05, 3.63) is 34.6 Å². The Morgan fingerprint density at radius 3 is 1.41 bits per heavy atom. The van der Waals surface area contributed by atoms with Gasteiger partial charge in [0.1, 0.15) is 16.9 Å². The molecule has 0 amide bonds. The largest absolute Gasteiger partial charge is 0.420 e. The first-order valence-electron chi connectivity index (χ1n) is 3.78. The molecule has 0 spiro atoms. The van der Waals surface area contributed by atoms with Gasteiger partial charge in [-0.25, -0.2) is 13.2 Å². The Balaban J connectivity index is 3.76. The van der Waals surface area contributed by atoms with Gasteiger partial charge in [0, 0.05) is 6.07 Å². The highest BCUT2D eigenvalue weighted by atomic mass is 19.4. The van der Waals surface area contributed by atoms with Crippen LogP contribution in [0.2, 0.25) is 0 Å². The zero-order valence-corrected chi connectivity index (χ0v) is 7.48. The highest BCUT2D eigenvalue weighted by Gasteiger charge is 2.48. The SMILES string of the molecule is Fc1cc(F)c(C(F)(F)F)c(C(F)(F)F)c1F. The molecule has 0 unspecified atom stereocenters. The molecule has 1 rings (SSSR count). The molecular weight excluding hydrogens is 267 g/mol. The maximum Gasteiger partial charge on any atom is 0.420 e. The summed E-state index contributed by atoms with van der Waals surface area (Å²) in [5, 5.41) is 0. The van der Waals surface area contributed by atoms with Crippen LogP contribution < -0.4 is 0 Å². The Labute approximate surface area is 87.7 Å². The lowest BCUT2D eigenvalue weighted by atomic mass is 10.0. The molecule has 1 aromatic rings. The van der Waals surface area contributed by atoms with Crippen LogP contribution in [-0.4, -0.2) is 0 Å². The molecule has 0 radical (unpaired) electrons. The Morgan fingerprint density at radius 1 is 0.647 bits per heavy atom. The van der Waals surface area contributed by atoms with E-state index in [0.29, 0.717) is 0 Å². The van der Waals surface area contributed by atoms with Gasteiger partial charge in [0.25, 0.3) is 0 Å². The second kappa shape index (κ2) is 3.81. The monoisotopic (exact) mass is 268 g/mol. The molecule has 96 valence electrons. The average Bonchev–Trinajstić information content (AvgIpc) is 2.06. The van der Waals surface area contributed by atoms with Crippen molar-refractivity contribution in [2.75, 3.05) is 0 Å². The lowest BCUT2D eigenvalue weighted by Crippen LogP contribution is -2.21. The Kier molecular flexibility index (Phi) is 3.06. The fourth-order valence-electron chi connectivity index (χ4n) is 1.14. The molecule has 0 aliphatic carbocycles. The molecule has 0 aliphatic heterocycles. The van der Waals surface area contributed by atoms with Crippen molar-refractivity contribution in [3.63, 3.8) is 0 Å². The maximum absolute atomic E-state index is 12.7. The third kappa shape index (κ3) is 2.47. The third-order valence-electron chi connectivity index (χ3n) is 1.74. The van der Waals surface area contributed by atoms with Crippen molar-refractivity contribution in [2.24, 2.45) is 0 Å². The number of hydrogen-bond acceptors (Lipinski definition) is 0. The van der Waals surface area contributed by atoms with E-state index in [0.717, 1.165) is 0 Å². The van der Waals surface area contributed by atoms with Crippen molar-refractivity contribution in [2.45, 2.75) is 12.4 Å². The highest BCUT2D eigenvalue weighted by molar-refractivity contribution is 5.35. The van der Waals surface area contributed by atoms with Crippen LogP contribution in [0, 0.1) is 17.5 Å². The molecule has 0 N–H and O–H groups in total. The smallest absolute Gasteiger partial charge is 0.206 e. The normalized spacial score (nSPS) is 13.0. The number of rotatable bonds is 0. The lowest BCUT2D eigenvalue weighted by molar-refractivity contribution is -0.166. The summed E-state index contributed by atoms with van der Waals surface area (Å²) in [6.45, 7) is 0. The topological polar surface area (TPSA) is 0 Å². The van der Waals surface area contributed by atoms with E-state index in [9.17, 15) is 39.5 Å². The van der Waals surface area contributed by atoms with Crippen LogP contribution in [-0.2, 0) is 12.4 Å². The molecule has 0 fully saturated rings. The van der Waals surface area contributed by atoms with Gasteiger partial charge in [-0.1, -0.05) is 0 Å². The summed E-state index contributed by atoms with van der Waals surface area (Å²) < 4.78 is 111. The van der Waals surface area contributed by atoms with Gasteiger partial charge in [-0.2, -0.15) is 26.3 Å². The Morgan fingerprint density at radius 2 is 1.06 bits per heavy atom. The summed E-state index contributed by atoms with van der Waals surface area (Å²) in [6.07, 6.45) is -11.7. The lowest BCUT2D eigenvalue weighted by Gasteiger charge is -2.16. The molecule has 0 aliphatic rings. The van der Waals surface area contributed by atoms with E-state index in [-0.39, 0.29) is 0 Å². The van der Waals surface area contributed by atoms with Crippen LogP contribution in [0.25, 0.3) is 0 Å². The first kappa shape index (κ1) is 13.7. The van der Waals surface area contributed by atoms with Crippen molar-refractivity contribution in [1.82, 2.24) is 0 Å². The van der Waals surface area contributed by atoms with Crippen LogP contribution in [0.1, 0.15) is 11.1 Å². The zero-order chi connectivity index (χ0) is 13.6. The molecule has 0 aromatic heterocycles. The van der Waals surface area contributed by atoms with Gasteiger partial charge >= 0.3 is 12.4 Å². The molecule has 0 nitrogen and oxygen atoms in total. The highest BCUT2D eigenvalue weighted by Crippen LogP contribution is 2.43.